The van der Waals surface area contributed by atoms with Gasteiger partial charge in [0.1, 0.15) is 11.5 Å². The number of likely N-dealkylation sites (N-methyl/N-ethyl adjacent to an activating group) is 1. The fraction of sp³-hybridized carbons (Fsp3) is 0.263. The zero-order valence-electron chi connectivity index (χ0n) is 14.2. The van der Waals surface area contributed by atoms with Gasteiger partial charge in [-0.15, -0.1) is 0 Å². The number of nitrogens with one attached hydrogen (secondary N) is 1. The highest BCUT2D eigenvalue weighted by Gasteiger charge is 2.25. The molecule has 1 N–H and O–H groups in total. The lowest BCUT2D eigenvalue weighted by atomic mass is 10.1. The van der Waals surface area contributed by atoms with E-state index in [-0.39, 0.29) is 18.4 Å². The van der Waals surface area contributed by atoms with Crippen molar-refractivity contribution in [1.82, 2.24) is 5.32 Å². The molecule has 0 unspecified atom stereocenters. The molecule has 1 heterocycles. The van der Waals surface area contributed by atoms with Gasteiger partial charge in [-0.2, -0.15) is 0 Å². The summed E-state index contributed by atoms with van der Waals surface area (Å²) in [7, 11) is 1.60. The largest absolute Gasteiger partial charge is 0.496 e. The minimum absolute atomic E-state index is 0.0280. The summed E-state index contributed by atoms with van der Waals surface area (Å²) in [6, 6.07) is 12.6. The van der Waals surface area contributed by atoms with Crippen LogP contribution in [0.3, 0.4) is 0 Å². The number of para-hydroxylation sites is 1. The van der Waals surface area contributed by atoms with E-state index in [4.69, 9.17) is 9.47 Å². The molecule has 0 atom stereocenters. The minimum Gasteiger partial charge on any atom is -0.496 e. The number of ether oxygens (including phenoxy) is 2. The van der Waals surface area contributed by atoms with Crippen LogP contribution in [-0.2, 0) is 11.3 Å². The second-order valence-electron chi connectivity index (χ2n) is 5.60. The lowest BCUT2D eigenvalue weighted by Crippen LogP contribution is -2.38. The van der Waals surface area contributed by atoms with Crippen molar-refractivity contribution in [3.63, 3.8) is 0 Å². The zero-order valence-corrected chi connectivity index (χ0v) is 14.2. The van der Waals surface area contributed by atoms with Crippen LogP contribution in [0.5, 0.6) is 11.5 Å². The van der Waals surface area contributed by atoms with E-state index in [1.165, 1.54) is 0 Å². The number of methoxy groups -OCH3 is 1. The van der Waals surface area contributed by atoms with Gasteiger partial charge >= 0.3 is 0 Å². The lowest BCUT2D eigenvalue weighted by Gasteiger charge is -2.28. The first-order valence-corrected chi connectivity index (χ1v) is 8.11. The average molecular weight is 340 g/mol. The highest BCUT2D eigenvalue weighted by atomic mass is 16.5. The molecule has 0 bridgehead atoms. The molecule has 0 saturated heterocycles. The molecule has 2 aromatic rings. The van der Waals surface area contributed by atoms with Crippen molar-refractivity contribution in [2.24, 2.45) is 0 Å². The van der Waals surface area contributed by atoms with Gasteiger partial charge in [-0.1, -0.05) is 18.2 Å². The van der Waals surface area contributed by atoms with E-state index in [0.717, 1.165) is 11.3 Å². The normalized spacial score (nSPS) is 13.0. The van der Waals surface area contributed by atoms with E-state index in [1.807, 2.05) is 31.2 Å². The monoisotopic (exact) mass is 340 g/mol. The SMILES string of the molecule is CCN1C(=O)COc2ccc(C(=O)NCc3ccccc3OC)cc21. The summed E-state index contributed by atoms with van der Waals surface area (Å²) in [5.41, 5.74) is 2.00. The number of hydrogen-bond donors (Lipinski definition) is 1. The van der Waals surface area contributed by atoms with Crippen LogP contribution < -0.4 is 19.7 Å². The van der Waals surface area contributed by atoms with Crippen molar-refractivity contribution in [2.75, 3.05) is 25.2 Å². The van der Waals surface area contributed by atoms with Gasteiger partial charge in [0, 0.05) is 24.2 Å². The Labute approximate surface area is 146 Å². The third kappa shape index (κ3) is 3.42. The highest BCUT2D eigenvalue weighted by Crippen LogP contribution is 2.32. The number of benzene rings is 2. The van der Waals surface area contributed by atoms with E-state index in [9.17, 15) is 9.59 Å². The van der Waals surface area contributed by atoms with E-state index in [2.05, 4.69) is 5.32 Å². The molecule has 2 amide bonds. The number of rotatable bonds is 5. The van der Waals surface area contributed by atoms with Crippen LogP contribution in [-0.4, -0.2) is 32.1 Å². The summed E-state index contributed by atoms with van der Waals surface area (Å²) in [5.74, 6) is 1.01. The van der Waals surface area contributed by atoms with Gasteiger partial charge in [0.15, 0.2) is 6.61 Å². The fourth-order valence-corrected chi connectivity index (χ4v) is 2.82. The average Bonchev–Trinajstić information content (AvgIpc) is 2.65. The third-order valence-corrected chi connectivity index (χ3v) is 4.11. The Balaban J connectivity index is 1.77. The molecular weight excluding hydrogens is 320 g/mol. The topological polar surface area (TPSA) is 67.9 Å². The van der Waals surface area contributed by atoms with Crippen molar-refractivity contribution in [1.29, 1.82) is 0 Å². The molecular formula is C19H20N2O4. The van der Waals surface area contributed by atoms with E-state index in [1.54, 1.807) is 30.2 Å². The van der Waals surface area contributed by atoms with Crippen LogP contribution in [0.2, 0.25) is 0 Å². The van der Waals surface area contributed by atoms with Crippen LogP contribution in [0, 0.1) is 0 Å². The summed E-state index contributed by atoms with van der Waals surface area (Å²) >= 11 is 0. The molecule has 1 aliphatic heterocycles. The number of carbonyl (C=O) groups excluding carboxylic acids is 2. The van der Waals surface area contributed by atoms with E-state index >= 15 is 0 Å². The van der Waals surface area contributed by atoms with Gasteiger partial charge in [0.2, 0.25) is 0 Å². The second kappa shape index (κ2) is 7.25. The lowest BCUT2D eigenvalue weighted by molar-refractivity contribution is -0.121. The van der Waals surface area contributed by atoms with Gasteiger partial charge in [-0.3, -0.25) is 9.59 Å². The molecule has 2 aromatic carbocycles. The Morgan fingerprint density at radius 3 is 2.84 bits per heavy atom. The molecule has 6 nitrogen and oxygen atoms in total. The van der Waals surface area contributed by atoms with Crippen LogP contribution >= 0.6 is 0 Å². The minimum atomic E-state index is -0.220. The van der Waals surface area contributed by atoms with Crippen molar-refractivity contribution in [3.8, 4) is 11.5 Å². The third-order valence-electron chi connectivity index (χ3n) is 4.11. The molecule has 0 fully saturated rings. The Bertz CT molecular complexity index is 804. The molecule has 0 radical (unpaired) electrons. The van der Waals surface area contributed by atoms with Crippen LogP contribution in [0.15, 0.2) is 42.5 Å². The maximum atomic E-state index is 12.5. The van der Waals surface area contributed by atoms with E-state index in [0.29, 0.717) is 30.1 Å². The molecule has 0 aromatic heterocycles. The number of anilines is 1. The summed E-state index contributed by atoms with van der Waals surface area (Å²) in [5, 5.41) is 2.88. The van der Waals surface area contributed by atoms with Crippen molar-refractivity contribution < 1.29 is 19.1 Å². The Morgan fingerprint density at radius 2 is 2.08 bits per heavy atom. The number of fused-ring (bicyclic) bond motifs is 1. The smallest absolute Gasteiger partial charge is 0.265 e. The quantitative estimate of drug-likeness (QED) is 0.907. The Kier molecular flexibility index (Phi) is 4.88. The Hall–Kier alpha value is -3.02. The van der Waals surface area contributed by atoms with Crippen LogP contribution in [0.4, 0.5) is 5.69 Å². The second-order valence-corrected chi connectivity index (χ2v) is 5.60. The molecule has 6 heteroatoms. The van der Waals surface area contributed by atoms with Crippen molar-refractivity contribution in [2.45, 2.75) is 13.5 Å². The highest BCUT2D eigenvalue weighted by molar-refractivity contribution is 6.01. The molecule has 130 valence electrons. The molecule has 0 aliphatic carbocycles. The number of carbonyl (C=O) groups is 2. The summed E-state index contributed by atoms with van der Waals surface area (Å²) < 4.78 is 10.7. The summed E-state index contributed by atoms with van der Waals surface area (Å²) in [4.78, 5) is 26.0. The van der Waals surface area contributed by atoms with Gasteiger partial charge in [0.25, 0.3) is 11.8 Å². The Morgan fingerprint density at radius 1 is 1.28 bits per heavy atom. The van der Waals surface area contributed by atoms with Gasteiger partial charge < -0.3 is 19.7 Å². The maximum Gasteiger partial charge on any atom is 0.265 e. The van der Waals surface area contributed by atoms with Crippen LogP contribution in [0.25, 0.3) is 0 Å². The first-order valence-electron chi connectivity index (χ1n) is 8.11. The number of nitrogens with zero attached hydrogens (tertiary/aromatic N) is 1. The molecule has 0 spiro atoms. The molecule has 3 rings (SSSR count). The molecule has 0 saturated carbocycles. The summed E-state index contributed by atoms with van der Waals surface area (Å²) in [6.07, 6.45) is 0. The maximum absolute atomic E-state index is 12.5. The number of amides is 2. The first-order chi connectivity index (χ1) is 12.1. The summed E-state index contributed by atoms with van der Waals surface area (Å²) in [6.45, 7) is 2.80. The van der Waals surface area contributed by atoms with Gasteiger partial charge in [0.05, 0.1) is 12.8 Å². The van der Waals surface area contributed by atoms with E-state index < -0.39 is 0 Å². The first kappa shape index (κ1) is 16.8. The fourth-order valence-electron chi connectivity index (χ4n) is 2.82. The van der Waals surface area contributed by atoms with Gasteiger partial charge in [-0.05, 0) is 31.2 Å². The van der Waals surface area contributed by atoms with Crippen molar-refractivity contribution in [3.05, 3.63) is 53.6 Å². The van der Waals surface area contributed by atoms with Gasteiger partial charge in [-0.25, -0.2) is 0 Å². The standard InChI is InChI=1S/C19H20N2O4/c1-3-21-15-10-13(8-9-17(15)25-12-18(21)22)19(23)20-11-14-6-4-5-7-16(14)24-2/h4-10H,3,11-12H2,1-2H3,(H,20,23). The number of hydrogen-bond acceptors (Lipinski definition) is 4. The zero-order chi connectivity index (χ0) is 17.8. The molecule has 25 heavy (non-hydrogen) atoms. The molecule has 1 aliphatic rings. The predicted molar refractivity (Wildman–Crippen MR) is 94.1 cm³/mol. The van der Waals surface area contributed by atoms with Crippen LogP contribution in [0.1, 0.15) is 22.8 Å². The van der Waals surface area contributed by atoms with Crippen molar-refractivity contribution >= 4 is 17.5 Å². The predicted octanol–water partition coefficient (Wildman–Crippen LogP) is 2.37.